The third-order valence-corrected chi connectivity index (χ3v) is 3.36. The molecule has 17 heavy (non-hydrogen) atoms. The van der Waals surface area contributed by atoms with E-state index in [4.69, 9.17) is 0 Å². The molecule has 0 aromatic carbocycles. The SMILES string of the molecule is CCCNC/C(=C/c1ccc([N+](=O)[O-])s1)CC. The Morgan fingerprint density at radius 3 is 2.82 bits per heavy atom. The second-order valence-corrected chi connectivity index (χ2v) is 4.86. The largest absolute Gasteiger partial charge is 0.324 e. The summed E-state index contributed by atoms with van der Waals surface area (Å²) < 4.78 is 0. The summed E-state index contributed by atoms with van der Waals surface area (Å²) in [5, 5.41) is 14.1. The molecule has 0 saturated carbocycles. The molecule has 1 heterocycles. The second kappa shape index (κ2) is 7.19. The molecular formula is C12H18N2O2S. The molecule has 1 aromatic rings. The van der Waals surface area contributed by atoms with Crippen molar-refractivity contribution < 1.29 is 4.92 Å². The summed E-state index contributed by atoms with van der Waals surface area (Å²) in [6, 6.07) is 3.36. The van der Waals surface area contributed by atoms with Crippen LogP contribution in [0.4, 0.5) is 5.00 Å². The maximum absolute atomic E-state index is 10.6. The zero-order chi connectivity index (χ0) is 12.7. The maximum atomic E-state index is 10.6. The van der Waals surface area contributed by atoms with E-state index in [1.54, 1.807) is 12.1 Å². The van der Waals surface area contributed by atoms with E-state index < -0.39 is 0 Å². The van der Waals surface area contributed by atoms with E-state index in [0.717, 1.165) is 30.8 Å². The molecule has 0 radical (unpaired) electrons. The first-order valence-corrected chi connectivity index (χ1v) is 6.63. The quantitative estimate of drug-likeness (QED) is 0.460. The Balaban J connectivity index is 2.65. The zero-order valence-corrected chi connectivity index (χ0v) is 11.0. The normalized spacial score (nSPS) is 11.8. The van der Waals surface area contributed by atoms with Crippen molar-refractivity contribution in [3.63, 3.8) is 0 Å². The van der Waals surface area contributed by atoms with Crippen LogP contribution >= 0.6 is 11.3 Å². The molecule has 4 nitrogen and oxygen atoms in total. The Kier molecular flexibility index (Phi) is 5.86. The number of hydrogen-bond donors (Lipinski definition) is 1. The van der Waals surface area contributed by atoms with Gasteiger partial charge in [-0.3, -0.25) is 10.1 Å². The van der Waals surface area contributed by atoms with Crippen molar-refractivity contribution in [2.24, 2.45) is 0 Å². The van der Waals surface area contributed by atoms with Crippen LogP contribution in [0, 0.1) is 10.1 Å². The van der Waals surface area contributed by atoms with Gasteiger partial charge in [-0.25, -0.2) is 0 Å². The summed E-state index contributed by atoms with van der Waals surface area (Å²) in [4.78, 5) is 11.2. The second-order valence-electron chi connectivity index (χ2n) is 3.77. The summed E-state index contributed by atoms with van der Waals surface area (Å²) in [6.45, 7) is 6.09. The van der Waals surface area contributed by atoms with Gasteiger partial charge in [0, 0.05) is 17.5 Å². The molecule has 0 aliphatic carbocycles. The van der Waals surface area contributed by atoms with E-state index >= 15 is 0 Å². The van der Waals surface area contributed by atoms with Gasteiger partial charge in [0.25, 0.3) is 0 Å². The highest BCUT2D eigenvalue weighted by atomic mass is 32.1. The summed E-state index contributed by atoms with van der Waals surface area (Å²) in [5.41, 5.74) is 1.27. The molecule has 0 atom stereocenters. The van der Waals surface area contributed by atoms with Crippen LogP contribution in [0.15, 0.2) is 17.7 Å². The van der Waals surface area contributed by atoms with Gasteiger partial charge < -0.3 is 5.32 Å². The molecule has 0 amide bonds. The standard InChI is InChI=1S/C12H18N2O2S/c1-3-7-13-9-10(4-2)8-11-5-6-12(17-11)14(15)16/h5-6,8,13H,3-4,7,9H2,1-2H3/b10-8+. The monoisotopic (exact) mass is 254 g/mol. The summed E-state index contributed by atoms with van der Waals surface area (Å²) in [6.07, 6.45) is 4.12. The molecule has 0 bridgehead atoms. The Hall–Kier alpha value is -1.20. The lowest BCUT2D eigenvalue weighted by Gasteiger charge is -2.05. The van der Waals surface area contributed by atoms with Crippen molar-refractivity contribution in [2.75, 3.05) is 13.1 Å². The van der Waals surface area contributed by atoms with Gasteiger partial charge in [0.15, 0.2) is 0 Å². The number of nitrogens with one attached hydrogen (secondary N) is 1. The van der Waals surface area contributed by atoms with Gasteiger partial charge in [0.05, 0.1) is 4.92 Å². The molecule has 5 heteroatoms. The van der Waals surface area contributed by atoms with Gasteiger partial charge in [0.2, 0.25) is 0 Å². The van der Waals surface area contributed by atoms with Crippen LogP contribution in [0.3, 0.4) is 0 Å². The first-order valence-electron chi connectivity index (χ1n) is 5.81. The molecule has 0 fully saturated rings. The third kappa shape index (κ3) is 4.66. The number of nitro groups is 1. The molecule has 1 aromatic heterocycles. The highest BCUT2D eigenvalue weighted by molar-refractivity contribution is 7.16. The van der Waals surface area contributed by atoms with Gasteiger partial charge in [-0.2, -0.15) is 0 Å². The molecule has 1 rings (SSSR count). The Morgan fingerprint density at radius 2 is 2.29 bits per heavy atom. The molecule has 0 unspecified atom stereocenters. The van der Waals surface area contributed by atoms with Gasteiger partial charge in [-0.15, -0.1) is 0 Å². The zero-order valence-electron chi connectivity index (χ0n) is 10.2. The fourth-order valence-electron chi connectivity index (χ4n) is 1.42. The molecule has 0 aliphatic heterocycles. The minimum atomic E-state index is -0.344. The Morgan fingerprint density at radius 1 is 1.53 bits per heavy atom. The number of hydrogen-bond acceptors (Lipinski definition) is 4. The van der Waals surface area contributed by atoms with E-state index in [9.17, 15) is 10.1 Å². The predicted octanol–water partition coefficient (Wildman–Crippen LogP) is 3.45. The van der Waals surface area contributed by atoms with Crippen molar-refractivity contribution in [3.05, 3.63) is 32.7 Å². The van der Waals surface area contributed by atoms with Gasteiger partial charge >= 0.3 is 5.00 Å². The van der Waals surface area contributed by atoms with Gasteiger partial charge in [0.1, 0.15) is 0 Å². The van der Waals surface area contributed by atoms with Crippen molar-refractivity contribution in [3.8, 4) is 0 Å². The first kappa shape index (κ1) is 13.9. The van der Waals surface area contributed by atoms with Crippen molar-refractivity contribution in [2.45, 2.75) is 26.7 Å². The lowest BCUT2D eigenvalue weighted by Crippen LogP contribution is -2.17. The third-order valence-electron chi connectivity index (χ3n) is 2.37. The highest BCUT2D eigenvalue weighted by Crippen LogP contribution is 2.26. The van der Waals surface area contributed by atoms with Crippen LogP contribution in [-0.2, 0) is 0 Å². The summed E-state index contributed by atoms with van der Waals surface area (Å²) in [5.74, 6) is 0. The van der Waals surface area contributed by atoms with Crippen LogP contribution in [0.25, 0.3) is 6.08 Å². The maximum Gasteiger partial charge on any atom is 0.324 e. The minimum Gasteiger partial charge on any atom is -0.313 e. The number of rotatable bonds is 7. The predicted molar refractivity (Wildman–Crippen MR) is 72.4 cm³/mol. The number of thiophene rings is 1. The van der Waals surface area contributed by atoms with Crippen LogP contribution in [0.5, 0.6) is 0 Å². The van der Waals surface area contributed by atoms with Gasteiger partial charge in [-0.1, -0.05) is 30.8 Å². The fourth-order valence-corrected chi connectivity index (χ4v) is 2.24. The van der Waals surface area contributed by atoms with Crippen LogP contribution in [-0.4, -0.2) is 18.0 Å². The first-order chi connectivity index (χ1) is 8.17. The van der Waals surface area contributed by atoms with E-state index in [0.29, 0.717) is 0 Å². The minimum absolute atomic E-state index is 0.202. The van der Waals surface area contributed by atoms with Crippen molar-refractivity contribution in [1.82, 2.24) is 5.32 Å². The molecule has 94 valence electrons. The van der Waals surface area contributed by atoms with Crippen LogP contribution < -0.4 is 5.32 Å². The van der Waals surface area contributed by atoms with Gasteiger partial charge in [-0.05, 0) is 31.5 Å². The van der Waals surface area contributed by atoms with E-state index in [-0.39, 0.29) is 9.92 Å². The van der Waals surface area contributed by atoms with E-state index in [1.807, 2.05) is 6.08 Å². The smallest absolute Gasteiger partial charge is 0.313 e. The van der Waals surface area contributed by atoms with Crippen molar-refractivity contribution in [1.29, 1.82) is 0 Å². The number of nitrogens with zero attached hydrogens (tertiary/aromatic N) is 1. The molecule has 1 N–H and O–H groups in total. The van der Waals surface area contributed by atoms with E-state index in [1.165, 1.54) is 16.9 Å². The molecule has 0 aliphatic rings. The molecular weight excluding hydrogens is 236 g/mol. The Bertz CT molecular complexity index is 399. The fraction of sp³-hybridized carbons (Fsp3) is 0.500. The van der Waals surface area contributed by atoms with Crippen LogP contribution in [0.2, 0.25) is 0 Å². The molecule has 0 saturated heterocycles. The lowest BCUT2D eigenvalue weighted by atomic mass is 10.2. The van der Waals surface area contributed by atoms with Crippen LogP contribution in [0.1, 0.15) is 31.6 Å². The average Bonchev–Trinajstić information content (AvgIpc) is 2.76. The Labute approximate surface area is 106 Å². The van der Waals surface area contributed by atoms with E-state index in [2.05, 4.69) is 19.2 Å². The topological polar surface area (TPSA) is 55.2 Å². The average molecular weight is 254 g/mol. The lowest BCUT2D eigenvalue weighted by molar-refractivity contribution is -0.380. The summed E-state index contributed by atoms with van der Waals surface area (Å²) >= 11 is 1.22. The summed E-state index contributed by atoms with van der Waals surface area (Å²) in [7, 11) is 0. The molecule has 0 spiro atoms. The highest BCUT2D eigenvalue weighted by Gasteiger charge is 2.08. The van der Waals surface area contributed by atoms with Crippen molar-refractivity contribution >= 4 is 22.4 Å².